The number of fused-ring (bicyclic) bond motifs is 2. The van der Waals surface area contributed by atoms with Crippen LogP contribution in [0.5, 0.6) is 0 Å². The molecule has 2 N–H and O–H groups in total. The molecule has 4 heteroatoms. The molecule has 0 saturated heterocycles. The fourth-order valence-corrected chi connectivity index (χ4v) is 3.24. The van der Waals surface area contributed by atoms with E-state index in [0.29, 0.717) is 0 Å². The van der Waals surface area contributed by atoms with Crippen LogP contribution in [0.4, 0.5) is 0 Å². The lowest BCUT2D eigenvalue weighted by Gasteiger charge is -2.01. The second-order valence-corrected chi connectivity index (χ2v) is 6.24. The van der Waals surface area contributed by atoms with Crippen molar-refractivity contribution in [2.24, 2.45) is 0 Å². The fourth-order valence-electron chi connectivity index (χ4n) is 3.24. The fraction of sp³-hybridized carbons (Fsp3) is 0.0476. The summed E-state index contributed by atoms with van der Waals surface area (Å²) < 4.78 is 0. The van der Waals surface area contributed by atoms with Crippen LogP contribution in [0.1, 0.15) is 5.82 Å². The molecule has 4 nitrogen and oxygen atoms in total. The zero-order valence-corrected chi connectivity index (χ0v) is 13.7. The van der Waals surface area contributed by atoms with E-state index in [1.54, 1.807) is 0 Å². The van der Waals surface area contributed by atoms with Crippen molar-refractivity contribution >= 4 is 22.1 Å². The molecule has 0 aliphatic carbocycles. The summed E-state index contributed by atoms with van der Waals surface area (Å²) >= 11 is 0. The zero-order valence-electron chi connectivity index (χ0n) is 13.7. The van der Waals surface area contributed by atoms with Gasteiger partial charge in [-0.2, -0.15) is 0 Å². The predicted octanol–water partition coefficient (Wildman–Crippen LogP) is 5.08. The SMILES string of the molecule is Cc1nc2ccc(-c3ccc4nc(-c5ccccc5)[nH]c4c3)cc2[nH]1. The quantitative estimate of drug-likeness (QED) is 0.475. The van der Waals surface area contributed by atoms with Gasteiger partial charge in [-0.1, -0.05) is 42.5 Å². The Hall–Kier alpha value is -3.40. The van der Waals surface area contributed by atoms with Gasteiger partial charge in [-0.05, 0) is 42.3 Å². The molecule has 0 fully saturated rings. The molecular formula is C21H16N4. The van der Waals surface area contributed by atoms with Gasteiger partial charge in [0.15, 0.2) is 0 Å². The third-order valence-corrected chi connectivity index (χ3v) is 4.46. The Labute approximate surface area is 144 Å². The lowest BCUT2D eigenvalue weighted by molar-refractivity contribution is 1.17. The van der Waals surface area contributed by atoms with Crippen LogP contribution in [-0.2, 0) is 0 Å². The number of aryl methyl sites for hydroxylation is 1. The number of benzene rings is 3. The Morgan fingerprint density at radius 3 is 2.00 bits per heavy atom. The van der Waals surface area contributed by atoms with Crippen molar-refractivity contribution in [3.05, 3.63) is 72.6 Å². The first-order chi connectivity index (χ1) is 12.3. The molecule has 0 aliphatic rings. The van der Waals surface area contributed by atoms with Gasteiger partial charge in [0.2, 0.25) is 0 Å². The minimum Gasteiger partial charge on any atom is -0.342 e. The third-order valence-electron chi connectivity index (χ3n) is 4.46. The van der Waals surface area contributed by atoms with Crippen molar-refractivity contribution in [1.29, 1.82) is 0 Å². The van der Waals surface area contributed by atoms with E-state index < -0.39 is 0 Å². The normalized spacial score (nSPS) is 11.4. The Morgan fingerprint density at radius 1 is 0.640 bits per heavy atom. The van der Waals surface area contributed by atoms with Gasteiger partial charge in [0.1, 0.15) is 11.6 Å². The number of aromatic amines is 2. The number of nitrogens with zero attached hydrogens (tertiary/aromatic N) is 2. The van der Waals surface area contributed by atoms with E-state index in [1.165, 1.54) is 0 Å². The van der Waals surface area contributed by atoms with Crippen LogP contribution in [0.25, 0.3) is 44.6 Å². The average molecular weight is 324 g/mol. The maximum Gasteiger partial charge on any atom is 0.138 e. The topological polar surface area (TPSA) is 57.4 Å². The van der Waals surface area contributed by atoms with Crippen LogP contribution in [-0.4, -0.2) is 19.9 Å². The molecule has 0 unspecified atom stereocenters. The third kappa shape index (κ3) is 2.39. The summed E-state index contributed by atoms with van der Waals surface area (Å²) in [6, 6.07) is 22.8. The first-order valence-corrected chi connectivity index (χ1v) is 8.28. The van der Waals surface area contributed by atoms with Gasteiger partial charge in [0.05, 0.1) is 22.1 Å². The molecule has 0 aliphatic heterocycles. The van der Waals surface area contributed by atoms with Crippen molar-refractivity contribution < 1.29 is 0 Å². The Kier molecular flexibility index (Phi) is 2.97. The first kappa shape index (κ1) is 14.0. The molecule has 0 amide bonds. The summed E-state index contributed by atoms with van der Waals surface area (Å²) in [6.45, 7) is 1.97. The lowest BCUT2D eigenvalue weighted by atomic mass is 10.0. The molecule has 3 aromatic carbocycles. The summed E-state index contributed by atoms with van der Waals surface area (Å²) in [4.78, 5) is 15.9. The Morgan fingerprint density at radius 2 is 1.28 bits per heavy atom. The number of aromatic nitrogens is 4. The van der Waals surface area contributed by atoms with Crippen LogP contribution in [0.3, 0.4) is 0 Å². The molecule has 120 valence electrons. The number of rotatable bonds is 2. The van der Waals surface area contributed by atoms with Crippen LogP contribution in [0.2, 0.25) is 0 Å². The van der Waals surface area contributed by atoms with Gasteiger partial charge in [-0.15, -0.1) is 0 Å². The maximum absolute atomic E-state index is 4.70. The number of nitrogens with one attached hydrogen (secondary N) is 2. The molecule has 2 heterocycles. The molecule has 2 aromatic heterocycles. The van der Waals surface area contributed by atoms with E-state index in [9.17, 15) is 0 Å². The molecule has 0 atom stereocenters. The average Bonchev–Trinajstić information content (AvgIpc) is 3.23. The molecule has 5 rings (SSSR count). The zero-order chi connectivity index (χ0) is 16.8. The molecule has 0 saturated carbocycles. The Balaban J connectivity index is 1.61. The summed E-state index contributed by atoms with van der Waals surface area (Å²) in [6.07, 6.45) is 0. The second kappa shape index (κ2) is 5.31. The van der Waals surface area contributed by atoms with Crippen molar-refractivity contribution in [1.82, 2.24) is 19.9 Å². The van der Waals surface area contributed by atoms with Crippen LogP contribution in [0.15, 0.2) is 66.7 Å². The summed E-state index contributed by atoms with van der Waals surface area (Å²) in [5.41, 5.74) is 7.48. The molecule has 0 spiro atoms. The molecular weight excluding hydrogens is 308 g/mol. The van der Waals surface area contributed by atoms with Gasteiger partial charge >= 0.3 is 0 Å². The van der Waals surface area contributed by atoms with Gasteiger partial charge in [0.25, 0.3) is 0 Å². The van der Waals surface area contributed by atoms with Crippen molar-refractivity contribution in [2.75, 3.05) is 0 Å². The number of imidazole rings is 2. The largest absolute Gasteiger partial charge is 0.342 e. The summed E-state index contributed by atoms with van der Waals surface area (Å²) in [5, 5.41) is 0. The summed E-state index contributed by atoms with van der Waals surface area (Å²) in [5.74, 6) is 1.83. The minimum absolute atomic E-state index is 0.896. The van der Waals surface area contributed by atoms with E-state index in [4.69, 9.17) is 4.98 Å². The van der Waals surface area contributed by atoms with Gasteiger partial charge in [0, 0.05) is 5.56 Å². The van der Waals surface area contributed by atoms with Crippen LogP contribution < -0.4 is 0 Å². The molecule has 0 radical (unpaired) electrons. The monoisotopic (exact) mass is 324 g/mol. The number of hydrogen-bond donors (Lipinski definition) is 2. The van der Waals surface area contributed by atoms with E-state index >= 15 is 0 Å². The highest BCUT2D eigenvalue weighted by Gasteiger charge is 2.08. The van der Waals surface area contributed by atoms with Crippen LogP contribution >= 0.6 is 0 Å². The van der Waals surface area contributed by atoms with E-state index in [0.717, 1.165) is 50.4 Å². The smallest absolute Gasteiger partial charge is 0.138 e. The molecule has 0 bridgehead atoms. The second-order valence-electron chi connectivity index (χ2n) is 6.24. The predicted molar refractivity (Wildman–Crippen MR) is 101 cm³/mol. The van der Waals surface area contributed by atoms with Crippen molar-refractivity contribution in [3.8, 4) is 22.5 Å². The highest BCUT2D eigenvalue weighted by atomic mass is 14.9. The standard InChI is InChI=1S/C21H16N4/c1-13-22-17-9-7-15(11-19(17)23-13)16-8-10-18-20(12-16)25-21(24-18)14-5-3-2-4-6-14/h2-12H,1H3,(H,22,23)(H,24,25). The lowest BCUT2D eigenvalue weighted by Crippen LogP contribution is -1.79. The van der Waals surface area contributed by atoms with E-state index in [2.05, 4.69) is 63.5 Å². The maximum atomic E-state index is 4.70. The minimum atomic E-state index is 0.896. The summed E-state index contributed by atoms with van der Waals surface area (Å²) in [7, 11) is 0. The Bertz CT molecular complexity index is 1200. The van der Waals surface area contributed by atoms with E-state index in [1.807, 2.05) is 25.1 Å². The molecule has 5 aromatic rings. The number of H-pyrrole nitrogens is 2. The highest BCUT2D eigenvalue weighted by molar-refractivity contribution is 5.87. The number of hydrogen-bond acceptors (Lipinski definition) is 2. The van der Waals surface area contributed by atoms with Gasteiger partial charge in [-0.3, -0.25) is 0 Å². The highest BCUT2D eigenvalue weighted by Crippen LogP contribution is 2.27. The van der Waals surface area contributed by atoms with Gasteiger partial charge < -0.3 is 9.97 Å². The van der Waals surface area contributed by atoms with Crippen molar-refractivity contribution in [3.63, 3.8) is 0 Å². The molecule has 25 heavy (non-hydrogen) atoms. The first-order valence-electron chi connectivity index (χ1n) is 8.28. The van der Waals surface area contributed by atoms with Gasteiger partial charge in [-0.25, -0.2) is 9.97 Å². The van der Waals surface area contributed by atoms with Crippen molar-refractivity contribution in [2.45, 2.75) is 6.92 Å². The van der Waals surface area contributed by atoms with Crippen LogP contribution in [0, 0.1) is 6.92 Å². The van der Waals surface area contributed by atoms with E-state index in [-0.39, 0.29) is 0 Å².